The van der Waals surface area contributed by atoms with Gasteiger partial charge in [0.15, 0.2) is 0 Å². The van der Waals surface area contributed by atoms with Crippen LogP contribution in [0.3, 0.4) is 0 Å². The van der Waals surface area contributed by atoms with Crippen molar-refractivity contribution >= 4 is 75.3 Å². The summed E-state index contributed by atoms with van der Waals surface area (Å²) in [5, 5.41) is 1.21. The predicted octanol–water partition coefficient (Wildman–Crippen LogP) is 12.3. The Labute approximate surface area is 274 Å². The van der Waals surface area contributed by atoms with Crippen LogP contribution in [-0.2, 0) is 0 Å². The van der Waals surface area contributed by atoms with Crippen LogP contribution in [0.4, 0.5) is 0 Å². The molecule has 0 bridgehead atoms. The van der Waals surface area contributed by atoms with Gasteiger partial charge in [0, 0.05) is 40.5 Å². The van der Waals surface area contributed by atoms with E-state index in [1.807, 2.05) is 0 Å². The molecule has 0 aliphatic rings. The van der Waals surface area contributed by atoms with E-state index in [2.05, 4.69) is 87.9 Å². The van der Waals surface area contributed by atoms with E-state index in [9.17, 15) is 0 Å². The first-order valence-electron chi connectivity index (χ1n) is 18.2. The Morgan fingerprint density at radius 3 is 0.875 bits per heavy atom. The maximum atomic E-state index is 3.76. The van der Waals surface area contributed by atoms with E-state index in [0.29, 0.717) is 0 Å². The maximum Gasteiger partial charge on any atom is 0.0504 e. The summed E-state index contributed by atoms with van der Waals surface area (Å²) >= 11 is 3.76. The van der Waals surface area contributed by atoms with Crippen molar-refractivity contribution in [1.29, 1.82) is 0 Å². The number of hydrogen-bond acceptors (Lipinski definition) is 0. The van der Waals surface area contributed by atoms with Crippen LogP contribution < -0.4 is 0 Å². The zero-order valence-electron chi connectivity index (χ0n) is 30.0. The van der Waals surface area contributed by atoms with Gasteiger partial charge in [0.1, 0.15) is 0 Å². The minimum absolute atomic E-state index is 0.389. The molecule has 0 nitrogen and oxygen atoms in total. The molecule has 0 aliphatic carbocycles. The summed E-state index contributed by atoms with van der Waals surface area (Å²) in [5.41, 5.74) is 0. The largest absolute Gasteiger partial charge is 0.0928 e. The lowest BCUT2D eigenvalue weighted by atomic mass is 10.4. The van der Waals surface area contributed by atoms with E-state index >= 15 is 0 Å². The number of alkyl halides is 1. The van der Waals surface area contributed by atoms with Crippen molar-refractivity contribution in [3.8, 4) is 0 Å². The second-order valence-corrected chi connectivity index (χ2v) is 46.7. The Kier molecular flexibility index (Phi) is 24.5. The molecule has 0 N–H and O–H groups in total. The summed E-state index contributed by atoms with van der Waals surface area (Å²) in [7, 11) is -4.87. The predicted molar refractivity (Wildman–Crippen MR) is 219 cm³/mol. The third-order valence-electron chi connectivity index (χ3n) is 10.3. The van der Waals surface area contributed by atoms with Gasteiger partial charge in [0.25, 0.3) is 0 Å². The van der Waals surface area contributed by atoms with E-state index in [0.717, 1.165) is 0 Å². The zero-order valence-corrected chi connectivity index (χ0v) is 39.2. The topological polar surface area (TPSA) is 0 Å². The van der Waals surface area contributed by atoms with Gasteiger partial charge in [-0.3, -0.25) is 0 Å². The fourth-order valence-corrected chi connectivity index (χ4v) is 28.0. The van der Waals surface area contributed by atoms with Crippen LogP contribution >= 0.6 is 15.9 Å². The highest BCUT2D eigenvalue weighted by atomic mass is 79.9. The van der Waals surface area contributed by atoms with E-state index in [4.69, 9.17) is 0 Å². The molecule has 0 aliphatic heterocycles. The van der Waals surface area contributed by atoms with Crippen molar-refractivity contribution in [3.05, 3.63) is 0 Å². The molecule has 0 heterocycles. The number of hydrogen-bond donors (Lipinski definition) is 0. The summed E-state index contributed by atoms with van der Waals surface area (Å²) in [5.74, 6) is 0. The fraction of sp³-hybridized carbons (Fsp3) is 1.00. The van der Waals surface area contributed by atoms with Crippen LogP contribution in [0, 0.1) is 0 Å². The number of unbranched alkanes of at least 4 members (excludes halogenated alkanes) is 1. The molecule has 0 aromatic heterocycles. The van der Waals surface area contributed by atoms with Crippen LogP contribution in [0.1, 0.15) is 44.9 Å². The molecule has 242 valence electrons. The molecule has 0 saturated heterocycles. The average molecular weight is 740 g/mol. The Morgan fingerprint density at radius 2 is 0.600 bits per heavy atom. The first-order valence-corrected chi connectivity index (χ1v) is 41.2. The van der Waals surface area contributed by atoms with Gasteiger partial charge >= 0.3 is 0 Å². The van der Waals surface area contributed by atoms with E-state index in [-0.39, 0.29) is 17.6 Å². The van der Waals surface area contributed by atoms with E-state index in [1.54, 1.807) is 111 Å². The van der Waals surface area contributed by atoms with Crippen LogP contribution in [0.5, 0.6) is 0 Å². The van der Waals surface area contributed by atoms with Gasteiger partial charge < -0.3 is 0 Å². The lowest BCUT2D eigenvalue weighted by Gasteiger charge is -2.36. The van der Waals surface area contributed by atoms with Gasteiger partial charge in [-0.15, -0.1) is 0 Å². The van der Waals surface area contributed by atoms with Crippen molar-refractivity contribution < 1.29 is 0 Å². The molecule has 40 heavy (non-hydrogen) atoms. The molecule has 0 saturated carbocycles. The van der Waals surface area contributed by atoms with Crippen LogP contribution in [0.15, 0.2) is 0 Å². The Hall–Kier alpha value is 2.00. The van der Waals surface area contributed by atoms with Crippen LogP contribution in [-0.4, -0.2) is 64.7 Å². The summed E-state index contributed by atoms with van der Waals surface area (Å²) in [6.45, 7) is 29.2. The Morgan fingerprint density at radius 1 is 0.350 bits per heavy atom. The molecule has 0 amide bonds. The smallest absolute Gasteiger partial charge is 0.0504 e. The van der Waals surface area contributed by atoms with Gasteiger partial charge in [-0.1, -0.05) is 205 Å². The Balaban J connectivity index is 5.38. The molecule has 0 aromatic rings. The first-order chi connectivity index (χ1) is 18.6. The highest BCUT2D eigenvalue weighted by molar-refractivity contribution is 9.09. The minimum Gasteiger partial charge on any atom is -0.0928 e. The van der Waals surface area contributed by atoms with Crippen molar-refractivity contribution in [3.63, 3.8) is 0 Å². The van der Waals surface area contributed by atoms with E-state index in [1.165, 1.54) is 18.2 Å². The van der Waals surface area contributed by atoms with Gasteiger partial charge in [0.2, 0.25) is 0 Å². The number of rotatable bonds is 27. The SMILES string of the molecule is C[SiH](C)CCC[Si](C)(CCC[SiH](C)C)CCC[Si](C)(CCCCBr)CC[Si](C)(CCC[SiH](C)C)CCC[SiH](C)C. The van der Waals surface area contributed by atoms with E-state index < -0.39 is 41.8 Å². The van der Waals surface area contributed by atoms with Gasteiger partial charge in [0.05, 0.1) is 24.2 Å². The molecule has 8 heteroatoms. The van der Waals surface area contributed by atoms with Gasteiger partial charge in [-0.05, 0) is 6.42 Å². The normalized spacial score (nSPS) is 14.7. The molecular weight excluding hydrogens is 661 g/mol. The Bertz CT molecular complexity index is 572. The van der Waals surface area contributed by atoms with Gasteiger partial charge in [-0.2, -0.15) is 0 Å². The molecule has 0 rings (SSSR count). The minimum atomic E-state index is -1.15. The van der Waals surface area contributed by atoms with Crippen molar-refractivity contribution in [2.75, 3.05) is 5.33 Å². The van der Waals surface area contributed by atoms with Crippen molar-refractivity contribution in [1.82, 2.24) is 0 Å². The quantitative estimate of drug-likeness (QED) is 0.0447. The average Bonchev–Trinajstić information content (AvgIpc) is 2.82. The number of halogens is 1. The van der Waals surface area contributed by atoms with Crippen LogP contribution in [0.2, 0.25) is 151 Å². The van der Waals surface area contributed by atoms with Crippen molar-refractivity contribution in [2.24, 2.45) is 0 Å². The summed E-state index contributed by atoms with van der Waals surface area (Å²) < 4.78 is 0. The third-order valence-corrected chi connectivity index (χ3v) is 31.5. The second-order valence-electron chi connectivity index (χ2n) is 17.1. The van der Waals surface area contributed by atoms with Crippen molar-refractivity contribution in [2.45, 2.75) is 196 Å². The molecular formula is C32H79BrSi7. The summed E-state index contributed by atoms with van der Waals surface area (Å²) in [4.78, 5) is 0. The highest BCUT2D eigenvalue weighted by Crippen LogP contribution is 2.37. The zero-order chi connectivity index (χ0) is 30.7. The maximum absolute atomic E-state index is 3.76. The highest BCUT2D eigenvalue weighted by Gasteiger charge is 2.34. The lowest BCUT2D eigenvalue weighted by Crippen LogP contribution is -2.37. The lowest BCUT2D eigenvalue weighted by molar-refractivity contribution is 0.853. The fourth-order valence-electron chi connectivity index (χ4n) is 7.07. The molecule has 0 fully saturated rings. The summed E-state index contributed by atoms with van der Waals surface area (Å²) in [6, 6.07) is 21.4. The molecule has 0 radical (unpaired) electrons. The second kappa shape index (κ2) is 23.4. The summed E-state index contributed by atoms with van der Waals surface area (Å²) in [6.07, 6.45) is 10.8. The standard InChI is InChI=1S/C32H79BrSi7/c1-34(2)20-14-25-38(9,26-15-21-35(3)4)29-18-30-39(10,24-13-12-19-33)31-32-40(11,27-16-22-36(5)6)28-17-23-37(7)8/h34-37H,12-32H2,1-11H3. The molecule has 0 aromatic carbocycles. The molecule has 1 atom stereocenters. The molecule has 1 unspecified atom stereocenters. The third kappa shape index (κ3) is 23.4. The first kappa shape index (κ1) is 42.0. The van der Waals surface area contributed by atoms with Crippen LogP contribution in [0.25, 0.3) is 0 Å². The van der Waals surface area contributed by atoms with Gasteiger partial charge in [-0.25, -0.2) is 0 Å². The molecule has 0 spiro atoms. The monoisotopic (exact) mass is 738 g/mol.